The van der Waals surface area contributed by atoms with Crippen LogP contribution >= 0.6 is 11.6 Å². The van der Waals surface area contributed by atoms with E-state index in [1.54, 1.807) is 18.2 Å². The molecule has 1 fully saturated rings. The van der Waals surface area contributed by atoms with Crippen molar-refractivity contribution >= 4 is 38.9 Å². The summed E-state index contributed by atoms with van der Waals surface area (Å²) in [6.45, 7) is 7.67. The number of nitrogens with zero attached hydrogens (tertiary/aromatic N) is 1. The van der Waals surface area contributed by atoms with Crippen LogP contribution in [0.5, 0.6) is 0 Å². The molecule has 1 amide bonds. The number of benzene rings is 2. The van der Waals surface area contributed by atoms with Crippen molar-refractivity contribution in [3.05, 3.63) is 53.1 Å². The second kappa shape index (κ2) is 9.68. The van der Waals surface area contributed by atoms with Crippen LogP contribution in [0.1, 0.15) is 24.2 Å². The van der Waals surface area contributed by atoms with E-state index in [-0.39, 0.29) is 10.8 Å². The van der Waals surface area contributed by atoms with Gasteiger partial charge in [0.05, 0.1) is 16.3 Å². The lowest BCUT2D eigenvalue weighted by Crippen LogP contribution is -2.43. The van der Waals surface area contributed by atoms with Crippen LogP contribution in [-0.2, 0) is 10.0 Å². The van der Waals surface area contributed by atoms with Crippen LogP contribution in [0.3, 0.4) is 0 Å². The van der Waals surface area contributed by atoms with Gasteiger partial charge >= 0.3 is 0 Å². The Morgan fingerprint density at radius 1 is 1.13 bits per heavy atom. The number of carbonyl (C=O) groups is 1. The van der Waals surface area contributed by atoms with Gasteiger partial charge < -0.3 is 15.5 Å². The molecule has 0 spiro atoms. The Balaban J connectivity index is 1.94. The highest BCUT2D eigenvalue weighted by Gasteiger charge is 2.21. The summed E-state index contributed by atoms with van der Waals surface area (Å²) in [5, 5.41) is 6.61. The van der Waals surface area contributed by atoms with Gasteiger partial charge in [0.2, 0.25) is 0 Å². The van der Waals surface area contributed by atoms with Crippen molar-refractivity contribution < 1.29 is 13.2 Å². The monoisotopic (exact) mass is 450 g/mol. The average Bonchev–Trinajstić information content (AvgIpc) is 2.72. The highest BCUT2D eigenvalue weighted by atomic mass is 35.5. The Labute approximate surface area is 182 Å². The molecule has 0 radical (unpaired) electrons. The largest absolute Gasteiger partial charge is 0.367 e. The molecule has 0 unspecified atom stereocenters. The number of nitrogens with one attached hydrogen (secondary N) is 3. The molecule has 1 saturated heterocycles. The standard InChI is InChI=1S/C21H27ClN4O3S/c1-15(2)14-24-21(27)16-3-8-20(26-11-9-23-10-12-26)19(13-16)25-30(28,29)18-6-4-17(22)5-7-18/h3-8,13,15,23,25H,9-12,14H2,1-2H3,(H,24,27). The van der Waals surface area contributed by atoms with Crippen LogP contribution in [0.4, 0.5) is 11.4 Å². The number of anilines is 2. The summed E-state index contributed by atoms with van der Waals surface area (Å²) < 4.78 is 28.6. The summed E-state index contributed by atoms with van der Waals surface area (Å²) >= 11 is 5.88. The summed E-state index contributed by atoms with van der Waals surface area (Å²) in [7, 11) is -3.84. The molecule has 0 saturated carbocycles. The molecular formula is C21H27ClN4O3S. The van der Waals surface area contributed by atoms with E-state index in [0.717, 1.165) is 31.9 Å². The number of hydrogen-bond donors (Lipinski definition) is 3. The first-order valence-electron chi connectivity index (χ1n) is 9.92. The van der Waals surface area contributed by atoms with E-state index < -0.39 is 10.0 Å². The van der Waals surface area contributed by atoms with E-state index in [9.17, 15) is 13.2 Å². The molecule has 1 heterocycles. The highest BCUT2D eigenvalue weighted by molar-refractivity contribution is 7.92. The molecule has 0 bridgehead atoms. The summed E-state index contributed by atoms with van der Waals surface area (Å²) in [4.78, 5) is 14.7. The first-order valence-corrected chi connectivity index (χ1v) is 11.8. The van der Waals surface area contributed by atoms with Crippen molar-refractivity contribution in [2.75, 3.05) is 42.3 Å². The SMILES string of the molecule is CC(C)CNC(=O)c1ccc(N2CCNCC2)c(NS(=O)(=O)c2ccc(Cl)cc2)c1. The summed E-state index contributed by atoms with van der Waals surface area (Å²) in [6, 6.07) is 11.1. The van der Waals surface area contributed by atoms with Gasteiger partial charge in [-0.2, -0.15) is 0 Å². The molecule has 2 aromatic rings. The Morgan fingerprint density at radius 3 is 2.43 bits per heavy atom. The van der Waals surface area contributed by atoms with Gasteiger partial charge in [-0.3, -0.25) is 9.52 Å². The second-order valence-corrected chi connectivity index (χ2v) is 9.75. The summed E-state index contributed by atoms with van der Waals surface area (Å²) in [5.74, 6) is 0.0828. The topological polar surface area (TPSA) is 90.5 Å². The zero-order chi connectivity index (χ0) is 21.7. The van der Waals surface area contributed by atoms with Crippen LogP contribution in [0.15, 0.2) is 47.4 Å². The maximum Gasteiger partial charge on any atom is 0.261 e. The van der Waals surface area contributed by atoms with Crippen LogP contribution in [0.25, 0.3) is 0 Å². The molecule has 30 heavy (non-hydrogen) atoms. The predicted molar refractivity (Wildman–Crippen MR) is 121 cm³/mol. The minimum atomic E-state index is -3.84. The molecule has 1 aliphatic heterocycles. The predicted octanol–water partition coefficient (Wildman–Crippen LogP) is 2.94. The first kappa shape index (κ1) is 22.4. The van der Waals surface area contributed by atoms with E-state index in [2.05, 4.69) is 20.3 Å². The molecule has 0 atom stereocenters. The van der Waals surface area contributed by atoms with Crippen molar-refractivity contribution in [3.8, 4) is 0 Å². The number of halogens is 1. The van der Waals surface area contributed by atoms with Crippen LogP contribution in [0.2, 0.25) is 5.02 Å². The zero-order valence-corrected chi connectivity index (χ0v) is 18.7. The lowest BCUT2D eigenvalue weighted by atomic mass is 10.1. The summed E-state index contributed by atoms with van der Waals surface area (Å²) in [6.07, 6.45) is 0. The smallest absolute Gasteiger partial charge is 0.261 e. The average molecular weight is 451 g/mol. The fourth-order valence-corrected chi connectivity index (χ4v) is 4.35. The van der Waals surface area contributed by atoms with Crippen molar-refractivity contribution in [3.63, 3.8) is 0 Å². The van der Waals surface area contributed by atoms with Gasteiger partial charge in [-0.15, -0.1) is 0 Å². The van der Waals surface area contributed by atoms with Crippen LogP contribution in [-0.4, -0.2) is 47.0 Å². The van der Waals surface area contributed by atoms with Gasteiger partial charge in [-0.05, 0) is 48.4 Å². The maximum absolute atomic E-state index is 13.0. The quantitative estimate of drug-likeness (QED) is 0.603. The molecule has 162 valence electrons. The molecule has 7 nitrogen and oxygen atoms in total. The number of rotatable bonds is 7. The molecular weight excluding hydrogens is 424 g/mol. The fourth-order valence-electron chi connectivity index (χ4n) is 3.16. The number of piperazine rings is 1. The van der Waals surface area contributed by atoms with Gasteiger partial charge in [-0.1, -0.05) is 25.4 Å². The van der Waals surface area contributed by atoms with Gasteiger partial charge in [0, 0.05) is 43.3 Å². The van der Waals surface area contributed by atoms with Crippen molar-refractivity contribution in [2.45, 2.75) is 18.7 Å². The van der Waals surface area contributed by atoms with E-state index in [1.807, 2.05) is 13.8 Å². The lowest BCUT2D eigenvalue weighted by Gasteiger charge is -2.31. The third-order valence-corrected chi connectivity index (χ3v) is 6.39. The third-order valence-electron chi connectivity index (χ3n) is 4.76. The third kappa shape index (κ3) is 5.65. The Hall–Kier alpha value is -2.29. The Kier molecular flexibility index (Phi) is 7.23. The van der Waals surface area contributed by atoms with Crippen molar-refractivity contribution in [2.24, 2.45) is 5.92 Å². The van der Waals surface area contributed by atoms with Crippen LogP contribution < -0.4 is 20.3 Å². The van der Waals surface area contributed by atoms with Crippen LogP contribution in [0, 0.1) is 5.92 Å². The highest BCUT2D eigenvalue weighted by Crippen LogP contribution is 2.30. The second-order valence-electron chi connectivity index (χ2n) is 7.63. The molecule has 1 aliphatic rings. The zero-order valence-electron chi connectivity index (χ0n) is 17.1. The number of carbonyl (C=O) groups excluding carboxylic acids is 1. The molecule has 0 aromatic heterocycles. The molecule has 2 aromatic carbocycles. The van der Waals surface area contributed by atoms with E-state index in [0.29, 0.717) is 28.7 Å². The molecule has 3 rings (SSSR count). The lowest BCUT2D eigenvalue weighted by molar-refractivity contribution is 0.0949. The Morgan fingerprint density at radius 2 is 1.80 bits per heavy atom. The number of hydrogen-bond acceptors (Lipinski definition) is 5. The number of amides is 1. The van der Waals surface area contributed by atoms with Gasteiger partial charge in [-0.25, -0.2) is 8.42 Å². The first-order chi connectivity index (χ1) is 14.3. The van der Waals surface area contributed by atoms with E-state index in [1.165, 1.54) is 24.3 Å². The maximum atomic E-state index is 13.0. The Bertz CT molecular complexity index is 988. The molecule has 9 heteroatoms. The van der Waals surface area contributed by atoms with E-state index in [4.69, 9.17) is 11.6 Å². The minimum Gasteiger partial charge on any atom is -0.367 e. The molecule has 0 aliphatic carbocycles. The summed E-state index contributed by atoms with van der Waals surface area (Å²) in [5.41, 5.74) is 1.53. The number of sulfonamides is 1. The molecule has 3 N–H and O–H groups in total. The van der Waals surface area contributed by atoms with Gasteiger partial charge in [0.1, 0.15) is 0 Å². The van der Waals surface area contributed by atoms with Gasteiger partial charge in [0.15, 0.2) is 0 Å². The van der Waals surface area contributed by atoms with E-state index >= 15 is 0 Å². The van der Waals surface area contributed by atoms with Gasteiger partial charge in [0.25, 0.3) is 15.9 Å². The minimum absolute atomic E-state index is 0.104. The fraction of sp³-hybridized carbons (Fsp3) is 0.381. The van der Waals surface area contributed by atoms with Crippen molar-refractivity contribution in [1.82, 2.24) is 10.6 Å². The normalized spacial score (nSPS) is 14.6. The van der Waals surface area contributed by atoms with Crippen molar-refractivity contribution in [1.29, 1.82) is 0 Å².